The summed E-state index contributed by atoms with van der Waals surface area (Å²) >= 11 is 0. The summed E-state index contributed by atoms with van der Waals surface area (Å²) in [6, 6.07) is 27.7. The van der Waals surface area contributed by atoms with Crippen molar-refractivity contribution < 1.29 is 4.79 Å². The molecular formula is C24H20N4O2. The Balaban J connectivity index is 1.77. The van der Waals surface area contributed by atoms with Crippen molar-refractivity contribution in [2.75, 3.05) is 0 Å². The Morgan fingerprint density at radius 3 is 2.07 bits per heavy atom. The first-order valence-electron chi connectivity index (χ1n) is 9.51. The molecule has 0 unspecified atom stereocenters. The second-order valence-corrected chi connectivity index (χ2v) is 6.71. The molecule has 4 aromatic rings. The number of aromatic amines is 1. The van der Waals surface area contributed by atoms with Crippen LogP contribution in [0, 0.1) is 0 Å². The molecule has 0 radical (unpaired) electrons. The van der Waals surface area contributed by atoms with Gasteiger partial charge in [0.1, 0.15) is 0 Å². The van der Waals surface area contributed by atoms with E-state index in [0.29, 0.717) is 28.2 Å². The van der Waals surface area contributed by atoms with Gasteiger partial charge in [-0.15, -0.1) is 0 Å². The fourth-order valence-electron chi connectivity index (χ4n) is 3.19. The second-order valence-electron chi connectivity index (χ2n) is 6.71. The highest BCUT2D eigenvalue weighted by molar-refractivity contribution is 6.04. The molecule has 0 saturated heterocycles. The number of hydrazone groups is 1. The highest BCUT2D eigenvalue weighted by Crippen LogP contribution is 2.21. The maximum absolute atomic E-state index is 13.3. The highest BCUT2D eigenvalue weighted by atomic mass is 16.2. The fraction of sp³-hybridized carbons (Fsp3) is 0.0417. The van der Waals surface area contributed by atoms with Gasteiger partial charge in [0.25, 0.3) is 11.5 Å². The van der Waals surface area contributed by atoms with E-state index in [1.165, 1.54) is 4.68 Å². The van der Waals surface area contributed by atoms with Crippen LogP contribution in [0.3, 0.4) is 0 Å². The number of nitrogens with one attached hydrogen (secondary N) is 2. The molecule has 2 N–H and O–H groups in total. The number of aromatic nitrogens is 2. The van der Waals surface area contributed by atoms with Crippen molar-refractivity contribution in [3.8, 4) is 16.9 Å². The van der Waals surface area contributed by atoms with Gasteiger partial charge in [0, 0.05) is 11.1 Å². The molecule has 148 valence electrons. The van der Waals surface area contributed by atoms with E-state index in [4.69, 9.17) is 0 Å². The molecule has 0 spiro atoms. The Morgan fingerprint density at radius 1 is 0.867 bits per heavy atom. The van der Waals surface area contributed by atoms with E-state index < -0.39 is 0 Å². The number of carbonyl (C=O) groups excluding carboxylic acids is 1. The minimum atomic E-state index is -0.338. The Kier molecular flexibility index (Phi) is 5.39. The van der Waals surface area contributed by atoms with Gasteiger partial charge in [0.05, 0.1) is 22.7 Å². The zero-order chi connectivity index (χ0) is 20.9. The number of nitrogens with zero attached hydrogens (tertiary/aromatic N) is 2. The number of H-pyrrole nitrogens is 1. The summed E-state index contributed by atoms with van der Waals surface area (Å²) in [5, 5.41) is 7.40. The summed E-state index contributed by atoms with van der Waals surface area (Å²) in [6.07, 6.45) is 0. The number of para-hydroxylation sites is 1. The summed E-state index contributed by atoms with van der Waals surface area (Å²) in [5.41, 5.74) is 5.81. The molecule has 0 bridgehead atoms. The first-order valence-corrected chi connectivity index (χ1v) is 9.51. The molecule has 1 heterocycles. The van der Waals surface area contributed by atoms with Gasteiger partial charge in [-0.3, -0.25) is 14.7 Å². The lowest BCUT2D eigenvalue weighted by Gasteiger charge is -2.04. The van der Waals surface area contributed by atoms with Crippen molar-refractivity contribution in [1.29, 1.82) is 0 Å². The number of carbonyl (C=O) groups is 1. The van der Waals surface area contributed by atoms with Crippen molar-refractivity contribution in [3.63, 3.8) is 0 Å². The molecule has 6 nitrogen and oxygen atoms in total. The largest absolute Gasteiger partial charge is 0.290 e. The van der Waals surface area contributed by atoms with E-state index in [-0.39, 0.29) is 11.5 Å². The standard InChI is InChI=1S/C24H20N4O2/c1-17(25-26-23(29)19-13-7-3-8-14-19)21-22(18-11-5-2-6-12-18)27-28(24(21)30)20-15-9-4-10-16-20/h2-16,27H,1H3,(H,26,29)/b25-17+. The van der Waals surface area contributed by atoms with Crippen LogP contribution in [0.1, 0.15) is 22.8 Å². The number of rotatable bonds is 5. The van der Waals surface area contributed by atoms with Gasteiger partial charge in [-0.2, -0.15) is 5.10 Å². The third-order valence-corrected chi connectivity index (χ3v) is 4.69. The van der Waals surface area contributed by atoms with E-state index in [1.54, 1.807) is 31.2 Å². The minimum Gasteiger partial charge on any atom is -0.290 e. The molecule has 0 aliphatic heterocycles. The Labute approximate surface area is 173 Å². The summed E-state index contributed by atoms with van der Waals surface area (Å²) in [6.45, 7) is 1.71. The van der Waals surface area contributed by atoms with Crippen LogP contribution < -0.4 is 11.0 Å². The van der Waals surface area contributed by atoms with Crippen LogP contribution in [0.4, 0.5) is 0 Å². The zero-order valence-electron chi connectivity index (χ0n) is 16.4. The predicted molar refractivity (Wildman–Crippen MR) is 118 cm³/mol. The van der Waals surface area contributed by atoms with Gasteiger partial charge < -0.3 is 0 Å². The van der Waals surface area contributed by atoms with Crippen molar-refractivity contribution >= 4 is 11.6 Å². The Hall–Kier alpha value is -4.19. The lowest BCUT2D eigenvalue weighted by Crippen LogP contribution is -2.23. The van der Waals surface area contributed by atoms with Crippen LogP contribution in [-0.2, 0) is 0 Å². The van der Waals surface area contributed by atoms with Crippen molar-refractivity contribution in [2.45, 2.75) is 6.92 Å². The predicted octanol–water partition coefficient (Wildman–Crippen LogP) is 3.99. The average Bonchev–Trinajstić information content (AvgIpc) is 3.16. The van der Waals surface area contributed by atoms with Crippen molar-refractivity contribution in [1.82, 2.24) is 15.2 Å². The van der Waals surface area contributed by atoms with E-state index in [0.717, 1.165) is 5.56 Å². The molecule has 4 rings (SSSR count). The molecule has 1 amide bonds. The van der Waals surface area contributed by atoms with E-state index in [2.05, 4.69) is 15.6 Å². The number of amides is 1. The average molecular weight is 396 g/mol. The Morgan fingerprint density at radius 2 is 1.43 bits per heavy atom. The van der Waals surface area contributed by atoms with Crippen molar-refractivity contribution in [3.05, 3.63) is 112 Å². The maximum Gasteiger partial charge on any atom is 0.281 e. The van der Waals surface area contributed by atoms with Gasteiger partial charge in [-0.25, -0.2) is 10.1 Å². The topological polar surface area (TPSA) is 79.2 Å². The lowest BCUT2D eigenvalue weighted by atomic mass is 10.1. The molecule has 6 heteroatoms. The van der Waals surface area contributed by atoms with Crippen LogP contribution in [0.2, 0.25) is 0 Å². The molecule has 0 fully saturated rings. The van der Waals surface area contributed by atoms with E-state index >= 15 is 0 Å². The lowest BCUT2D eigenvalue weighted by molar-refractivity contribution is 0.0955. The van der Waals surface area contributed by atoms with E-state index in [9.17, 15) is 9.59 Å². The van der Waals surface area contributed by atoms with Crippen molar-refractivity contribution in [2.24, 2.45) is 5.10 Å². The van der Waals surface area contributed by atoms with Crippen LogP contribution in [0.25, 0.3) is 16.9 Å². The second kappa shape index (κ2) is 8.45. The van der Waals surface area contributed by atoms with Gasteiger partial charge in [0.15, 0.2) is 0 Å². The number of hydrogen-bond donors (Lipinski definition) is 2. The third kappa shape index (κ3) is 3.84. The molecular weight excluding hydrogens is 376 g/mol. The first kappa shape index (κ1) is 19.1. The van der Waals surface area contributed by atoms with Crippen LogP contribution in [0.5, 0.6) is 0 Å². The van der Waals surface area contributed by atoms with Gasteiger partial charge in [0.2, 0.25) is 0 Å². The molecule has 0 saturated carbocycles. The summed E-state index contributed by atoms with van der Waals surface area (Å²) < 4.78 is 1.48. The quantitative estimate of drug-likeness (QED) is 0.395. The van der Waals surface area contributed by atoms with E-state index in [1.807, 2.05) is 66.7 Å². The molecule has 0 aliphatic carbocycles. The van der Waals surface area contributed by atoms with Gasteiger partial charge in [-0.1, -0.05) is 66.7 Å². The highest BCUT2D eigenvalue weighted by Gasteiger charge is 2.19. The first-order chi connectivity index (χ1) is 14.6. The molecule has 30 heavy (non-hydrogen) atoms. The molecule has 1 aromatic heterocycles. The molecule has 0 aliphatic rings. The number of benzene rings is 3. The normalized spacial score (nSPS) is 11.3. The fourth-order valence-corrected chi connectivity index (χ4v) is 3.19. The van der Waals surface area contributed by atoms with Crippen LogP contribution in [0.15, 0.2) is 101 Å². The summed E-state index contributed by atoms with van der Waals surface area (Å²) in [4.78, 5) is 25.6. The molecule has 0 atom stereocenters. The minimum absolute atomic E-state index is 0.240. The molecule has 3 aromatic carbocycles. The monoisotopic (exact) mass is 396 g/mol. The van der Waals surface area contributed by atoms with Crippen LogP contribution >= 0.6 is 0 Å². The number of hydrogen-bond acceptors (Lipinski definition) is 3. The van der Waals surface area contributed by atoms with Gasteiger partial charge >= 0.3 is 0 Å². The zero-order valence-corrected chi connectivity index (χ0v) is 16.4. The SMILES string of the molecule is C/C(=N\NC(=O)c1ccccc1)c1c(-c2ccccc2)[nH]n(-c2ccccc2)c1=O. The van der Waals surface area contributed by atoms with Gasteiger partial charge in [-0.05, 0) is 31.2 Å². The Bertz CT molecular complexity index is 1240. The third-order valence-electron chi connectivity index (χ3n) is 4.69. The maximum atomic E-state index is 13.3. The summed E-state index contributed by atoms with van der Waals surface area (Å²) in [7, 11) is 0. The smallest absolute Gasteiger partial charge is 0.281 e. The summed E-state index contributed by atoms with van der Waals surface area (Å²) in [5.74, 6) is -0.338. The van der Waals surface area contributed by atoms with Crippen LogP contribution in [-0.4, -0.2) is 21.4 Å².